The van der Waals surface area contributed by atoms with Gasteiger partial charge >= 0.3 is 0 Å². The number of anilines is 1. The monoisotopic (exact) mass is 221 g/mol. The van der Waals surface area contributed by atoms with Crippen LogP contribution >= 0.6 is 0 Å². The molecule has 5 heteroatoms. The molecule has 0 spiro atoms. The Labute approximate surface area is 94.0 Å². The molecule has 2 amide bonds. The fraction of sp³-hybridized carbons (Fsp3) is 0.273. The zero-order valence-corrected chi connectivity index (χ0v) is 9.36. The first-order valence-corrected chi connectivity index (χ1v) is 4.95. The summed E-state index contributed by atoms with van der Waals surface area (Å²) in [6, 6.07) is 4.99. The number of nitrogens with two attached hydrogens (primary N) is 2. The van der Waals surface area contributed by atoms with E-state index in [9.17, 15) is 9.59 Å². The zero-order valence-electron chi connectivity index (χ0n) is 9.36. The third-order valence-corrected chi connectivity index (χ3v) is 2.25. The Morgan fingerprint density at radius 1 is 1.38 bits per heavy atom. The van der Waals surface area contributed by atoms with Crippen molar-refractivity contribution in [3.05, 3.63) is 29.3 Å². The highest BCUT2D eigenvalue weighted by Crippen LogP contribution is 2.20. The molecule has 0 bridgehead atoms. The van der Waals surface area contributed by atoms with E-state index in [1.165, 1.54) is 0 Å². The first kappa shape index (κ1) is 12.2. The van der Waals surface area contributed by atoms with E-state index in [0.717, 1.165) is 10.6 Å². The maximum atomic E-state index is 11.4. The number of hydrogen-bond acceptors (Lipinski definition) is 3. The molecule has 86 valence electrons. The van der Waals surface area contributed by atoms with Crippen LogP contribution in [0.15, 0.2) is 18.2 Å². The van der Waals surface area contributed by atoms with Gasteiger partial charge in [0.05, 0.1) is 11.3 Å². The lowest BCUT2D eigenvalue weighted by Crippen LogP contribution is -2.38. The molecule has 0 saturated carbocycles. The van der Waals surface area contributed by atoms with Crippen molar-refractivity contribution in [3.63, 3.8) is 0 Å². The van der Waals surface area contributed by atoms with Gasteiger partial charge in [0.15, 0.2) is 0 Å². The molecule has 0 aliphatic carbocycles. The predicted octanol–water partition coefficient (Wildman–Crippen LogP) is 0.711. The van der Waals surface area contributed by atoms with Gasteiger partial charge in [-0.25, -0.2) is 10.9 Å². The molecule has 0 radical (unpaired) electrons. The lowest BCUT2D eigenvalue weighted by atomic mass is 10.1. The molecule has 0 saturated heterocycles. The summed E-state index contributed by atoms with van der Waals surface area (Å²) in [6.45, 7) is 3.53. The van der Waals surface area contributed by atoms with E-state index in [-0.39, 0.29) is 17.9 Å². The van der Waals surface area contributed by atoms with Crippen LogP contribution in [-0.2, 0) is 4.79 Å². The average Bonchev–Trinajstić information content (AvgIpc) is 2.26. The van der Waals surface area contributed by atoms with Gasteiger partial charge in [0.1, 0.15) is 0 Å². The fourth-order valence-corrected chi connectivity index (χ4v) is 1.36. The number of hydrogen-bond donors (Lipinski definition) is 2. The van der Waals surface area contributed by atoms with E-state index in [1.807, 2.05) is 6.92 Å². The van der Waals surface area contributed by atoms with Crippen LogP contribution in [0.2, 0.25) is 0 Å². The number of carbonyl (C=O) groups is 2. The van der Waals surface area contributed by atoms with Crippen molar-refractivity contribution in [3.8, 4) is 0 Å². The smallest absolute Gasteiger partial charge is 0.250 e. The minimum absolute atomic E-state index is 0.254. The lowest BCUT2D eigenvalue weighted by Gasteiger charge is -2.18. The SMILES string of the molecule is CCC(=O)N(N)c1ccc(C)cc1C(N)=O. The number of benzene rings is 1. The van der Waals surface area contributed by atoms with Gasteiger partial charge in [-0.2, -0.15) is 0 Å². The van der Waals surface area contributed by atoms with E-state index in [4.69, 9.17) is 11.6 Å². The molecule has 0 fully saturated rings. The molecular weight excluding hydrogens is 206 g/mol. The quantitative estimate of drug-likeness (QED) is 0.447. The second-order valence-corrected chi connectivity index (χ2v) is 3.50. The number of hydrazine groups is 1. The van der Waals surface area contributed by atoms with Crippen molar-refractivity contribution in [2.75, 3.05) is 5.01 Å². The molecule has 1 rings (SSSR count). The van der Waals surface area contributed by atoms with Crippen LogP contribution in [0, 0.1) is 6.92 Å². The molecule has 0 aliphatic rings. The number of nitrogens with zero attached hydrogens (tertiary/aromatic N) is 1. The molecule has 0 unspecified atom stereocenters. The third kappa shape index (κ3) is 2.38. The topological polar surface area (TPSA) is 89.4 Å². The van der Waals surface area contributed by atoms with E-state index in [2.05, 4.69) is 0 Å². The summed E-state index contributed by atoms with van der Waals surface area (Å²) in [7, 11) is 0. The molecule has 4 N–H and O–H groups in total. The number of primary amides is 1. The molecular formula is C11H15N3O2. The fourth-order valence-electron chi connectivity index (χ4n) is 1.36. The summed E-state index contributed by atoms with van der Waals surface area (Å²) in [6.07, 6.45) is 0.266. The van der Waals surface area contributed by atoms with Crippen molar-refractivity contribution < 1.29 is 9.59 Å². The van der Waals surface area contributed by atoms with Crippen LogP contribution in [0.25, 0.3) is 0 Å². The second-order valence-electron chi connectivity index (χ2n) is 3.50. The Kier molecular flexibility index (Phi) is 3.63. The summed E-state index contributed by atoms with van der Waals surface area (Å²) in [4.78, 5) is 22.6. The van der Waals surface area contributed by atoms with Crippen LogP contribution in [0.5, 0.6) is 0 Å². The molecule has 1 aromatic rings. The van der Waals surface area contributed by atoms with E-state index >= 15 is 0 Å². The van der Waals surface area contributed by atoms with Crippen LogP contribution < -0.4 is 16.6 Å². The highest BCUT2D eigenvalue weighted by Gasteiger charge is 2.16. The van der Waals surface area contributed by atoms with Crippen molar-refractivity contribution in [1.82, 2.24) is 0 Å². The van der Waals surface area contributed by atoms with Crippen molar-refractivity contribution >= 4 is 17.5 Å². The lowest BCUT2D eigenvalue weighted by molar-refractivity contribution is -0.118. The zero-order chi connectivity index (χ0) is 12.3. The van der Waals surface area contributed by atoms with Gasteiger partial charge in [0.25, 0.3) is 5.91 Å². The molecule has 0 heterocycles. The first-order chi connectivity index (χ1) is 7.47. The minimum Gasteiger partial charge on any atom is -0.366 e. The van der Waals surface area contributed by atoms with E-state index in [0.29, 0.717) is 5.69 Å². The summed E-state index contributed by atoms with van der Waals surface area (Å²) in [5, 5.41) is 0.958. The van der Waals surface area contributed by atoms with Crippen LogP contribution in [0.1, 0.15) is 29.3 Å². The van der Waals surface area contributed by atoms with Crippen molar-refractivity contribution in [2.45, 2.75) is 20.3 Å². The Morgan fingerprint density at radius 2 is 2.00 bits per heavy atom. The Balaban J connectivity index is 3.22. The third-order valence-electron chi connectivity index (χ3n) is 2.25. The highest BCUT2D eigenvalue weighted by atomic mass is 16.2. The largest absolute Gasteiger partial charge is 0.366 e. The van der Waals surface area contributed by atoms with Crippen LogP contribution in [0.3, 0.4) is 0 Å². The Morgan fingerprint density at radius 3 is 2.50 bits per heavy atom. The van der Waals surface area contributed by atoms with Crippen LogP contribution in [0.4, 0.5) is 5.69 Å². The molecule has 1 aromatic carbocycles. The summed E-state index contributed by atoms with van der Waals surface area (Å²) >= 11 is 0. The number of rotatable bonds is 3. The molecule has 0 atom stereocenters. The molecule has 16 heavy (non-hydrogen) atoms. The van der Waals surface area contributed by atoms with Crippen molar-refractivity contribution in [2.24, 2.45) is 11.6 Å². The number of carbonyl (C=O) groups excluding carboxylic acids is 2. The first-order valence-electron chi connectivity index (χ1n) is 4.95. The van der Waals surface area contributed by atoms with Gasteiger partial charge in [-0.1, -0.05) is 18.6 Å². The maximum Gasteiger partial charge on any atom is 0.250 e. The molecule has 0 aliphatic heterocycles. The predicted molar refractivity (Wildman–Crippen MR) is 61.7 cm³/mol. The summed E-state index contributed by atoms with van der Waals surface area (Å²) in [5.41, 5.74) is 6.71. The summed E-state index contributed by atoms with van der Waals surface area (Å²) < 4.78 is 0. The number of amides is 2. The van der Waals surface area contributed by atoms with E-state index in [1.54, 1.807) is 25.1 Å². The van der Waals surface area contributed by atoms with Crippen LogP contribution in [-0.4, -0.2) is 11.8 Å². The highest BCUT2D eigenvalue weighted by molar-refractivity contribution is 6.03. The number of aryl methyl sites for hydroxylation is 1. The molecule has 5 nitrogen and oxygen atoms in total. The standard InChI is InChI=1S/C11H15N3O2/c1-3-10(15)14(13)9-5-4-7(2)6-8(9)11(12)16/h4-6H,3,13H2,1-2H3,(H2,12,16). The average molecular weight is 221 g/mol. The van der Waals surface area contributed by atoms with Gasteiger partial charge in [0.2, 0.25) is 5.91 Å². The normalized spacial score (nSPS) is 9.94. The Bertz CT molecular complexity index is 429. The van der Waals surface area contributed by atoms with Gasteiger partial charge in [-0.15, -0.1) is 0 Å². The van der Waals surface area contributed by atoms with Crippen molar-refractivity contribution in [1.29, 1.82) is 0 Å². The van der Waals surface area contributed by atoms with Gasteiger partial charge in [0, 0.05) is 6.42 Å². The minimum atomic E-state index is -0.599. The maximum absolute atomic E-state index is 11.4. The van der Waals surface area contributed by atoms with Gasteiger partial charge in [-0.05, 0) is 19.1 Å². The second kappa shape index (κ2) is 4.76. The molecule has 0 aromatic heterocycles. The van der Waals surface area contributed by atoms with Gasteiger partial charge < -0.3 is 5.73 Å². The van der Waals surface area contributed by atoms with E-state index < -0.39 is 5.91 Å². The van der Waals surface area contributed by atoms with Gasteiger partial charge in [-0.3, -0.25) is 9.59 Å². The summed E-state index contributed by atoms with van der Waals surface area (Å²) in [5.74, 6) is 4.74. The Hall–Kier alpha value is -1.88.